The maximum atomic E-state index is 8.92. The van der Waals surface area contributed by atoms with E-state index in [0.717, 1.165) is 22.8 Å². The van der Waals surface area contributed by atoms with Gasteiger partial charge in [-0.15, -0.1) is 0 Å². The zero-order valence-corrected chi connectivity index (χ0v) is 11.9. The average Bonchev–Trinajstić information content (AvgIpc) is 2.75. The van der Waals surface area contributed by atoms with Gasteiger partial charge in [-0.25, -0.2) is 4.98 Å². The van der Waals surface area contributed by atoms with Crippen LogP contribution in [-0.4, -0.2) is 12.1 Å². The molecular weight excluding hydrogens is 260 g/mol. The summed E-state index contributed by atoms with van der Waals surface area (Å²) in [5.74, 6) is 2.25. The lowest BCUT2D eigenvalue weighted by atomic mass is 10.1. The molecule has 0 N–H and O–H groups in total. The Kier molecular flexibility index (Phi) is 4.13. The molecule has 0 fully saturated rings. The SMILES string of the molecule is COc1ccc(C#N)cc1CSc1nc(C)c(C)o1. The minimum atomic E-state index is 0.621. The Morgan fingerprint density at radius 3 is 2.79 bits per heavy atom. The van der Waals surface area contributed by atoms with Crippen molar-refractivity contribution in [2.75, 3.05) is 7.11 Å². The highest BCUT2D eigenvalue weighted by Gasteiger charge is 2.09. The molecule has 98 valence electrons. The van der Waals surface area contributed by atoms with Gasteiger partial charge in [0.2, 0.25) is 0 Å². The highest BCUT2D eigenvalue weighted by Crippen LogP contribution is 2.29. The number of oxazole rings is 1. The zero-order chi connectivity index (χ0) is 13.8. The van der Waals surface area contributed by atoms with E-state index < -0.39 is 0 Å². The molecule has 0 spiro atoms. The second-order valence-corrected chi connectivity index (χ2v) is 4.98. The van der Waals surface area contributed by atoms with Crippen molar-refractivity contribution in [3.8, 4) is 11.8 Å². The Morgan fingerprint density at radius 1 is 1.42 bits per heavy atom. The van der Waals surface area contributed by atoms with Gasteiger partial charge in [0, 0.05) is 11.3 Å². The maximum absolute atomic E-state index is 8.92. The van der Waals surface area contributed by atoms with E-state index in [1.807, 2.05) is 19.9 Å². The van der Waals surface area contributed by atoms with Gasteiger partial charge in [-0.3, -0.25) is 0 Å². The standard InChI is InChI=1S/C14H14N2O2S/c1-9-10(2)18-14(16-9)19-8-12-6-11(7-15)4-5-13(12)17-3/h4-6H,8H2,1-3H3. The number of benzene rings is 1. The lowest BCUT2D eigenvalue weighted by molar-refractivity contribution is 0.411. The highest BCUT2D eigenvalue weighted by molar-refractivity contribution is 7.98. The van der Waals surface area contributed by atoms with Crippen molar-refractivity contribution in [3.05, 3.63) is 40.8 Å². The van der Waals surface area contributed by atoms with Gasteiger partial charge in [0.05, 0.1) is 24.4 Å². The van der Waals surface area contributed by atoms with Crippen molar-refractivity contribution < 1.29 is 9.15 Å². The number of nitriles is 1. The summed E-state index contributed by atoms with van der Waals surface area (Å²) < 4.78 is 10.8. The molecule has 0 amide bonds. The quantitative estimate of drug-likeness (QED) is 0.799. The maximum Gasteiger partial charge on any atom is 0.256 e. The number of hydrogen-bond donors (Lipinski definition) is 0. The molecule has 0 bridgehead atoms. The number of methoxy groups -OCH3 is 1. The van der Waals surface area contributed by atoms with Crippen LogP contribution < -0.4 is 4.74 Å². The van der Waals surface area contributed by atoms with E-state index in [1.54, 1.807) is 19.2 Å². The fraction of sp³-hybridized carbons (Fsp3) is 0.286. The van der Waals surface area contributed by atoms with Gasteiger partial charge in [0.25, 0.3) is 5.22 Å². The first kappa shape index (κ1) is 13.5. The van der Waals surface area contributed by atoms with Crippen LogP contribution in [0.4, 0.5) is 0 Å². The third kappa shape index (κ3) is 3.09. The van der Waals surface area contributed by atoms with Crippen LogP contribution in [-0.2, 0) is 5.75 Å². The number of rotatable bonds is 4. The molecule has 1 heterocycles. The van der Waals surface area contributed by atoms with Gasteiger partial charge < -0.3 is 9.15 Å². The Hall–Kier alpha value is -1.93. The highest BCUT2D eigenvalue weighted by atomic mass is 32.2. The molecule has 1 aromatic heterocycles. The molecule has 0 aliphatic carbocycles. The predicted molar refractivity (Wildman–Crippen MR) is 73.2 cm³/mol. The van der Waals surface area contributed by atoms with Crippen LogP contribution in [0.1, 0.15) is 22.6 Å². The Morgan fingerprint density at radius 2 is 2.21 bits per heavy atom. The lowest BCUT2D eigenvalue weighted by Crippen LogP contribution is -1.91. The van der Waals surface area contributed by atoms with E-state index >= 15 is 0 Å². The second kappa shape index (κ2) is 5.81. The summed E-state index contributed by atoms with van der Waals surface area (Å²) >= 11 is 1.49. The van der Waals surface area contributed by atoms with Crippen molar-refractivity contribution >= 4 is 11.8 Å². The van der Waals surface area contributed by atoms with Crippen LogP contribution in [0, 0.1) is 25.2 Å². The molecule has 0 unspecified atom stereocenters. The van der Waals surface area contributed by atoms with Crippen LogP contribution in [0.2, 0.25) is 0 Å². The van der Waals surface area contributed by atoms with Crippen LogP contribution in [0.5, 0.6) is 5.75 Å². The van der Waals surface area contributed by atoms with Crippen molar-refractivity contribution in [1.82, 2.24) is 4.98 Å². The van der Waals surface area contributed by atoms with E-state index in [4.69, 9.17) is 14.4 Å². The lowest BCUT2D eigenvalue weighted by Gasteiger charge is -2.07. The van der Waals surface area contributed by atoms with Gasteiger partial charge >= 0.3 is 0 Å². The first-order chi connectivity index (χ1) is 9.13. The Bertz CT molecular complexity index is 609. The molecule has 1 aromatic carbocycles. The van der Waals surface area contributed by atoms with Gasteiger partial charge in [0.1, 0.15) is 11.5 Å². The van der Waals surface area contributed by atoms with E-state index in [9.17, 15) is 0 Å². The number of aryl methyl sites for hydroxylation is 2. The summed E-state index contributed by atoms with van der Waals surface area (Å²) in [6, 6.07) is 7.50. The predicted octanol–water partition coefficient (Wildman–Crippen LogP) is 3.46. The zero-order valence-electron chi connectivity index (χ0n) is 11.1. The molecule has 0 radical (unpaired) electrons. The topological polar surface area (TPSA) is 59.0 Å². The van der Waals surface area contributed by atoms with E-state index in [1.165, 1.54) is 11.8 Å². The average molecular weight is 274 g/mol. The summed E-state index contributed by atoms with van der Waals surface area (Å²) in [6.07, 6.45) is 0. The minimum Gasteiger partial charge on any atom is -0.496 e. The first-order valence-electron chi connectivity index (χ1n) is 5.78. The molecule has 5 heteroatoms. The molecule has 0 saturated heterocycles. The van der Waals surface area contributed by atoms with E-state index in [-0.39, 0.29) is 0 Å². The largest absolute Gasteiger partial charge is 0.496 e. The third-order valence-corrected chi connectivity index (χ3v) is 3.65. The summed E-state index contributed by atoms with van der Waals surface area (Å²) in [6.45, 7) is 3.81. The number of hydrogen-bond acceptors (Lipinski definition) is 5. The smallest absolute Gasteiger partial charge is 0.256 e. The van der Waals surface area contributed by atoms with Crippen LogP contribution in [0.25, 0.3) is 0 Å². The third-order valence-electron chi connectivity index (χ3n) is 2.77. The number of nitrogens with zero attached hydrogens (tertiary/aromatic N) is 2. The van der Waals surface area contributed by atoms with Crippen LogP contribution in [0.15, 0.2) is 27.8 Å². The molecule has 2 aromatic rings. The minimum absolute atomic E-state index is 0.621. The molecule has 0 aliphatic rings. The Balaban J connectivity index is 2.16. The summed E-state index contributed by atoms with van der Waals surface area (Å²) in [5, 5.41) is 9.56. The van der Waals surface area contributed by atoms with Gasteiger partial charge in [-0.1, -0.05) is 11.8 Å². The van der Waals surface area contributed by atoms with Gasteiger partial charge in [0.15, 0.2) is 0 Å². The molecule has 0 saturated carbocycles. The molecule has 19 heavy (non-hydrogen) atoms. The van der Waals surface area contributed by atoms with Crippen molar-refractivity contribution in [2.45, 2.75) is 24.8 Å². The van der Waals surface area contributed by atoms with Crippen molar-refractivity contribution in [3.63, 3.8) is 0 Å². The number of ether oxygens (including phenoxy) is 1. The van der Waals surface area contributed by atoms with Crippen LogP contribution >= 0.6 is 11.8 Å². The van der Waals surface area contributed by atoms with Crippen molar-refractivity contribution in [1.29, 1.82) is 5.26 Å². The monoisotopic (exact) mass is 274 g/mol. The van der Waals surface area contributed by atoms with E-state index in [0.29, 0.717) is 16.5 Å². The Labute approximate surface area is 116 Å². The summed E-state index contributed by atoms with van der Waals surface area (Å²) in [4.78, 5) is 4.31. The molecule has 2 rings (SSSR count). The van der Waals surface area contributed by atoms with Crippen LogP contribution in [0.3, 0.4) is 0 Å². The second-order valence-electron chi connectivity index (χ2n) is 4.05. The fourth-order valence-electron chi connectivity index (χ4n) is 1.61. The molecule has 0 atom stereocenters. The normalized spacial score (nSPS) is 10.2. The van der Waals surface area contributed by atoms with E-state index in [2.05, 4.69) is 11.1 Å². The molecule has 4 nitrogen and oxygen atoms in total. The summed E-state index contributed by atoms with van der Waals surface area (Å²) in [5.41, 5.74) is 2.48. The molecular formula is C14H14N2O2S. The van der Waals surface area contributed by atoms with Crippen molar-refractivity contribution in [2.24, 2.45) is 0 Å². The fourth-order valence-corrected chi connectivity index (χ4v) is 2.50. The summed E-state index contributed by atoms with van der Waals surface area (Å²) in [7, 11) is 1.62. The number of thioether (sulfide) groups is 1. The first-order valence-corrected chi connectivity index (χ1v) is 6.76. The number of aromatic nitrogens is 1. The van der Waals surface area contributed by atoms with Gasteiger partial charge in [-0.05, 0) is 32.0 Å². The van der Waals surface area contributed by atoms with Gasteiger partial charge in [-0.2, -0.15) is 5.26 Å². The molecule has 0 aliphatic heterocycles.